The number of aromatic nitrogens is 2. The summed E-state index contributed by atoms with van der Waals surface area (Å²) in [6.45, 7) is 3.09. The van der Waals surface area contributed by atoms with Crippen molar-refractivity contribution in [3.63, 3.8) is 0 Å². The molecule has 5 heteroatoms. The minimum Gasteiger partial charge on any atom is -0.378 e. The molecule has 2 rings (SSSR count). The van der Waals surface area contributed by atoms with E-state index in [1.165, 1.54) is 23.0 Å². The molecule has 0 saturated carbocycles. The maximum atomic E-state index is 5.71. The zero-order valence-electron chi connectivity index (χ0n) is 12.8. The zero-order valence-corrected chi connectivity index (χ0v) is 14.4. The maximum Gasteiger partial charge on any atom is 0.0766 e. The number of nitrogens with zero attached hydrogens (tertiary/aromatic N) is 2. The van der Waals surface area contributed by atoms with Gasteiger partial charge in [0.2, 0.25) is 0 Å². The number of rotatable bonds is 7. The topological polar surface area (TPSA) is 39.1 Å². The van der Waals surface area contributed by atoms with Crippen LogP contribution in [-0.2, 0) is 24.6 Å². The monoisotopic (exact) mass is 343 g/mol. The van der Waals surface area contributed by atoms with E-state index >= 15 is 0 Å². The first-order valence-corrected chi connectivity index (χ1v) is 8.44. The fourth-order valence-electron chi connectivity index (χ4n) is 2.88. The highest BCUT2D eigenvalue weighted by Gasteiger charge is 2.20. The number of likely N-dealkylation sites (N-methyl/N-ethyl adjacent to an activating group) is 1. The minimum absolute atomic E-state index is 0.479. The second kappa shape index (κ2) is 7.57. The molecule has 0 amide bonds. The number of aryl methyl sites for hydroxylation is 2. The highest BCUT2D eigenvalue weighted by molar-refractivity contribution is 9.10. The van der Waals surface area contributed by atoms with Crippen molar-refractivity contribution < 1.29 is 4.74 Å². The summed E-state index contributed by atoms with van der Waals surface area (Å²) in [5.41, 5.74) is 2.44. The van der Waals surface area contributed by atoms with Crippen LogP contribution in [0.15, 0.2) is 4.47 Å². The standard InChI is InChI=1S/C15H26BrN3O/c1-4-13-15(16)14(19(3)18-13)10-11(17-2)7-8-12-6-5-9-20-12/h11-12,17H,4-10H2,1-3H3. The van der Waals surface area contributed by atoms with Gasteiger partial charge in [0.05, 0.1) is 22.0 Å². The van der Waals surface area contributed by atoms with Gasteiger partial charge in [-0.25, -0.2) is 0 Å². The molecule has 2 unspecified atom stereocenters. The molecule has 114 valence electrons. The Morgan fingerprint density at radius 2 is 2.35 bits per heavy atom. The summed E-state index contributed by atoms with van der Waals surface area (Å²) in [5.74, 6) is 0. The summed E-state index contributed by atoms with van der Waals surface area (Å²) in [5, 5.41) is 8.01. The van der Waals surface area contributed by atoms with Crippen LogP contribution in [0.25, 0.3) is 0 Å². The van der Waals surface area contributed by atoms with Crippen LogP contribution in [0.5, 0.6) is 0 Å². The normalized spacial score (nSPS) is 20.5. The smallest absolute Gasteiger partial charge is 0.0766 e. The summed E-state index contributed by atoms with van der Waals surface area (Å²) in [7, 11) is 4.08. The molecule has 1 saturated heterocycles. The van der Waals surface area contributed by atoms with Gasteiger partial charge >= 0.3 is 0 Å². The quantitative estimate of drug-likeness (QED) is 0.827. The largest absolute Gasteiger partial charge is 0.378 e. The number of ether oxygens (including phenoxy) is 1. The van der Waals surface area contributed by atoms with Gasteiger partial charge in [0, 0.05) is 26.1 Å². The van der Waals surface area contributed by atoms with Crippen LogP contribution in [-0.4, -0.2) is 35.6 Å². The van der Waals surface area contributed by atoms with Gasteiger partial charge in [-0.2, -0.15) is 5.10 Å². The molecular weight excluding hydrogens is 318 g/mol. The van der Waals surface area contributed by atoms with Crippen molar-refractivity contribution >= 4 is 15.9 Å². The lowest BCUT2D eigenvalue weighted by atomic mass is 10.0. The number of nitrogens with one attached hydrogen (secondary N) is 1. The highest BCUT2D eigenvalue weighted by atomic mass is 79.9. The summed E-state index contributed by atoms with van der Waals surface area (Å²) < 4.78 is 8.91. The first-order chi connectivity index (χ1) is 9.65. The van der Waals surface area contributed by atoms with Crippen LogP contribution >= 0.6 is 15.9 Å². The van der Waals surface area contributed by atoms with E-state index in [1.807, 2.05) is 18.8 Å². The Balaban J connectivity index is 1.93. The molecule has 0 bridgehead atoms. The molecule has 0 spiro atoms. The Hall–Kier alpha value is -0.390. The Kier molecular flexibility index (Phi) is 6.05. The molecule has 1 N–H and O–H groups in total. The summed E-state index contributed by atoms with van der Waals surface area (Å²) in [6, 6.07) is 0.482. The van der Waals surface area contributed by atoms with Crippen LogP contribution in [0.3, 0.4) is 0 Å². The third-order valence-electron chi connectivity index (χ3n) is 4.21. The lowest BCUT2D eigenvalue weighted by molar-refractivity contribution is 0.0997. The zero-order chi connectivity index (χ0) is 14.5. The third kappa shape index (κ3) is 3.83. The van der Waals surface area contributed by atoms with Gasteiger partial charge in [-0.1, -0.05) is 6.92 Å². The van der Waals surface area contributed by atoms with Crippen LogP contribution in [0, 0.1) is 0 Å². The number of hydrogen-bond donors (Lipinski definition) is 1. The molecule has 1 aliphatic rings. The van der Waals surface area contributed by atoms with E-state index < -0.39 is 0 Å². The predicted octanol–water partition coefficient (Wildman–Crippen LogP) is 2.83. The van der Waals surface area contributed by atoms with E-state index in [9.17, 15) is 0 Å². The number of hydrogen-bond acceptors (Lipinski definition) is 3. The second-order valence-electron chi connectivity index (χ2n) is 5.59. The molecule has 4 nitrogen and oxygen atoms in total. The average molecular weight is 344 g/mol. The summed E-state index contributed by atoms with van der Waals surface area (Å²) in [6.07, 6.45) is 7.21. The van der Waals surface area contributed by atoms with Gasteiger partial charge in [0.1, 0.15) is 0 Å². The Morgan fingerprint density at radius 1 is 1.55 bits per heavy atom. The van der Waals surface area contributed by atoms with Crippen molar-refractivity contribution in [3.05, 3.63) is 15.9 Å². The summed E-state index contributed by atoms with van der Waals surface area (Å²) in [4.78, 5) is 0. The number of halogens is 1. The second-order valence-corrected chi connectivity index (χ2v) is 6.38. The molecule has 20 heavy (non-hydrogen) atoms. The molecule has 1 aromatic rings. The fourth-order valence-corrected chi connectivity index (χ4v) is 3.66. The van der Waals surface area contributed by atoms with Gasteiger partial charge < -0.3 is 10.1 Å². The Labute approximate surface area is 130 Å². The highest BCUT2D eigenvalue weighted by Crippen LogP contribution is 2.24. The Bertz CT molecular complexity index is 427. The fraction of sp³-hybridized carbons (Fsp3) is 0.800. The van der Waals surface area contributed by atoms with E-state index in [0.717, 1.165) is 38.0 Å². The third-order valence-corrected chi connectivity index (χ3v) is 5.13. The molecule has 2 heterocycles. The summed E-state index contributed by atoms with van der Waals surface area (Å²) >= 11 is 3.70. The van der Waals surface area contributed by atoms with E-state index in [-0.39, 0.29) is 0 Å². The van der Waals surface area contributed by atoms with Crippen molar-refractivity contribution in [2.75, 3.05) is 13.7 Å². The first kappa shape index (κ1) is 16.0. The molecule has 1 fully saturated rings. The van der Waals surface area contributed by atoms with Gasteiger partial charge in [-0.15, -0.1) is 0 Å². The minimum atomic E-state index is 0.479. The van der Waals surface area contributed by atoms with Crippen molar-refractivity contribution in [1.82, 2.24) is 15.1 Å². The van der Waals surface area contributed by atoms with E-state index in [4.69, 9.17) is 4.74 Å². The van der Waals surface area contributed by atoms with E-state index in [1.54, 1.807) is 0 Å². The van der Waals surface area contributed by atoms with Gasteiger partial charge in [-0.05, 0) is 55.1 Å². The first-order valence-electron chi connectivity index (χ1n) is 7.64. The molecule has 0 aromatic carbocycles. The van der Waals surface area contributed by atoms with Gasteiger partial charge in [0.15, 0.2) is 0 Å². The lowest BCUT2D eigenvalue weighted by Gasteiger charge is -2.18. The lowest BCUT2D eigenvalue weighted by Crippen LogP contribution is -2.29. The molecule has 1 aliphatic heterocycles. The Morgan fingerprint density at radius 3 is 2.90 bits per heavy atom. The van der Waals surface area contributed by atoms with Crippen LogP contribution in [0.4, 0.5) is 0 Å². The van der Waals surface area contributed by atoms with Crippen molar-refractivity contribution in [2.24, 2.45) is 7.05 Å². The molecule has 1 aromatic heterocycles. The molecule has 0 radical (unpaired) electrons. The molecule has 2 atom stereocenters. The van der Waals surface area contributed by atoms with Gasteiger partial charge in [0.25, 0.3) is 0 Å². The maximum absolute atomic E-state index is 5.71. The van der Waals surface area contributed by atoms with E-state index in [0.29, 0.717) is 12.1 Å². The van der Waals surface area contributed by atoms with Crippen molar-refractivity contribution in [3.8, 4) is 0 Å². The SMILES string of the molecule is CCc1nn(C)c(CC(CCC2CCCO2)NC)c1Br. The predicted molar refractivity (Wildman–Crippen MR) is 85.0 cm³/mol. The van der Waals surface area contributed by atoms with Crippen LogP contribution in [0.2, 0.25) is 0 Å². The van der Waals surface area contributed by atoms with Crippen LogP contribution < -0.4 is 5.32 Å². The van der Waals surface area contributed by atoms with Crippen molar-refractivity contribution in [1.29, 1.82) is 0 Å². The average Bonchev–Trinajstić information content (AvgIpc) is 3.05. The van der Waals surface area contributed by atoms with E-state index in [2.05, 4.69) is 33.3 Å². The van der Waals surface area contributed by atoms with Crippen molar-refractivity contribution in [2.45, 2.75) is 57.6 Å². The van der Waals surface area contributed by atoms with Crippen LogP contribution in [0.1, 0.15) is 44.0 Å². The molecule has 0 aliphatic carbocycles. The van der Waals surface area contributed by atoms with Gasteiger partial charge in [-0.3, -0.25) is 4.68 Å². The molecular formula is C15H26BrN3O.